The molecule has 2 heterocycles. The van der Waals surface area contributed by atoms with Crippen molar-refractivity contribution in [3.63, 3.8) is 0 Å². The van der Waals surface area contributed by atoms with Crippen LogP contribution in [-0.2, 0) is 9.53 Å². The van der Waals surface area contributed by atoms with E-state index in [9.17, 15) is 9.59 Å². The largest absolute Gasteiger partial charge is 0.375 e. The summed E-state index contributed by atoms with van der Waals surface area (Å²) in [6.45, 7) is 8.07. The van der Waals surface area contributed by atoms with Gasteiger partial charge in [0.2, 0.25) is 5.91 Å². The molecule has 1 aliphatic heterocycles. The minimum absolute atomic E-state index is 0.0335. The maximum Gasteiger partial charge on any atom is 0.266 e. The molecule has 3 aromatic rings. The summed E-state index contributed by atoms with van der Waals surface area (Å²) in [5.74, 6) is 0.715. The number of morpholine rings is 1. The van der Waals surface area contributed by atoms with Crippen molar-refractivity contribution in [3.8, 4) is 5.69 Å². The van der Waals surface area contributed by atoms with E-state index in [0.717, 1.165) is 12.1 Å². The van der Waals surface area contributed by atoms with E-state index in [0.29, 0.717) is 41.7 Å². The Hall–Kier alpha value is -2.64. The van der Waals surface area contributed by atoms with E-state index < -0.39 is 0 Å². The van der Waals surface area contributed by atoms with Crippen molar-refractivity contribution in [2.75, 3.05) is 25.4 Å². The van der Waals surface area contributed by atoms with E-state index in [4.69, 9.17) is 9.72 Å². The van der Waals surface area contributed by atoms with Crippen molar-refractivity contribution in [1.82, 2.24) is 14.5 Å². The number of amides is 1. The van der Waals surface area contributed by atoms with E-state index in [1.165, 1.54) is 17.3 Å². The van der Waals surface area contributed by atoms with Crippen molar-refractivity contribution in [2.45, 2.75) is 44.4 Å². The van der Waals surface area contributed by atoms with Crippen LogP contribution in [0.4, 0.5) is 0 Å². The number of ether oxygens (including phenoxy) is 1. The van der Waals surface area contributed by atoms with Gasteiger partial charge in [-0.05, 0) is 49.1 Å². The van der Waals surface area contributed by atoms with Gasteiger partial charge < -0.3 is 9.64 Å². The first-order valence-electron chi connectivity index (χ1n) is 11.1. The highest BCUT2D eigenvalue weighted by molar-refractivity contribution is 7.99. The number of carbonyl (C=O) groups is 1. The van der Waals surface area contributed by atoms with E-state index in [2.05, 4.69) is 26.0 Å². The number of hydrogen-bond acceptors (Lipinski definition) is 5. The molecule has 168 valence electrons. The fraction of sp³-hybridized carbons (Fsp3) is 0.400. The minimum atomic E-state index is -0.123. The number of hydrogen-bond donors (Lipinski definition) is 0. The van der Waals surface area contributed by atoms with Crippen molar-refractivity contribution in [1.29, 1.82) is 0 Å². The van der Waals surface area contributed by atoms with E-state index >= 15 is 0 Å². The quantitative estimate of drug-likeness (QED) is 0.414. The van der Waals surface area contributed by atoms with Gasteiger partial charge in [-0.3, -0.25) is 14.2 Å². The number of para-hydroxylation sites is 1. The maximum atomic E-state index is 13.4. The first-order valence-corrected chi connectivity index (χ1v) is 12.1. The van der Waals surface area contributed by atoms with Gasteiger partial charge in [-0.2, -0.15) is 0 Å². The third-order valence-corrected chi connectivity index (χ3v) is 6.92. The van der Waals surface area contributed by atoms with Crippen LogP contribution in [0.25, 0.3) is 16.6 Å². The van der Waals surface area contributed by atoms with Crippen LogP contribution in [0, 0.1) is 0 Å². The smallest absolute Gasteiger partial charge is 0.266 e. The summed E-state index contributed by atoms with van der Waals surface area (Å²) >= 11 is 1.31. The lowest BCUT2D eigenvalue weighted by Gasteiger charge is -2.31. The van der Waals surface area contributed by atoms with Gasteiger partial charge in [0.1, 0.15) is 0 Å². The third kappa shape index (κ3) is 4.74. The molecule has 0 N–H and O–H groups in total. The summed E-state index contributed by atoms with van der Waals surface area (Å²) in [6, 6.07) is 15.4. The molecule has 4 rings (SSSR count). The van der Waals surface area contributed by atoms with Crippen LogP contribution in [0.2, 0.25) is 0 Å². The standard InChI is InChI=1S/C25H29N3O3S/c1-4-17(2)19-9-11-20(12-10-19)28-24(30)21-7-5-6-8-22(21)26-25(28)32-16-23(29)27-13-14-31-18(3)15-27/h5-12,17-18H,4,13-16H2,1-3H3. The van der Waals surface area contributed by atoms with Gasteiger partial charge in [0, 0.05) is 13.1 Å². The lowest BCUT2D eigenvalue weighted by molar-refractivity contribution is -0.135. The molecular weight excluding hydrogens is 422 g/mol. The molecule has 0 spiro atoms. The van der Waals surface area contributed by atoms with Crippen molar-refractivity contribution < 1.29 is 9.53 Å². The molecule has 7 heteroatoms. The predicted molar refractivity (Wildman–Crippen MR) is 129 cm³/mol. The summed E-state index contributed by atoms with van der Waals surface area (Å²) in [4.78, 5) is 32.8. The lowest BCUT2D eigenvalue weighted by Crippen LogP contribution is -2.45. The molecule has 1 fully saturated rings. The van der Waals surface area contributed by atoms with Crippen molar-refractivity contribution in [3.05, 3.63) is 64.4 Å². The van der Waals surface area contributed by atoms with Gasteiger partial charge in [0.25, 0.3) is 5.56 Å². The Labute approximate surface area is 192 Å². The van der Waals surface area contributed by atoms with Gasteiger partial charge in [-0.25, -0.2) is 4.98 Å². The molecule has 1 aromatic heterocycles. The molecule has 32 heavy (non-hydrogen) atoms. The average molecular weight is 452 g/mol. The molecule has 1 aliphatic rings. The Kier molecular flexibility index (Phi) is 6.96. The monoisotopic (exact) mass is 451 g/mol. The van der Waals surface area contributed by atoms with Gasteiger partial charge in [-0.15, -0.1) is 0 Å². The second-order valence-electron chi connectivity index (χ2n) is 8.26. The Morgan fingerprint density at radius 3 is 2.69 bits per heavy atom. The highest BCUT2D eigenvalue weighted by Crippen LogP contribution is 2.24. The molecule has 1 amide bonds. The fourth-order valence-electron chi connectivity index (χ4n) is 3.89. The minimum Gasteiger partial charge on any atom is -0.375 e. The zero-order valence-electron chi connectivity index (χ0n) is 18.8. The number of carbonyl (C=O) groups excluding carboxylic acids is 1. The van der Waals surface area contributed by atoms with Gasteiger partial charge in [0.15, 0.2) is 5.16 Å². The molecular formula is C25H29N3O3S. The van der Waals surface area contributed by atoms with Crippen LogP contribution in [0.3, 0.4) is 0 Å². The Morgan fingerprint density at radius 2 is 1.97 bits per heavy atom. The summed E-state index contributed by atoms with van der Waals surface area (Å²) < 4.78 is 7.17. The summed E-state index contributed by atoms with van der Waals surface area (Å²) in [6.07, 6.45) is 1.10. The average Bonchev–Trinajstić information content (AvgIpc) is 2.82. The molecule has 2 unspecified atom stereocenters. The summed E-state index contributed by atoms with van der Waals surface area (Å²) in [5.41, 5.74) is 2.51. The van der Waals surface area contributed by atoms with Crippen molar-refractivity contribution in [2.24, 2.45) is 0 Å². The van der Waals surface area contributed by atoms with E-state index in [-0.39, 0.29) is 23.3 Å². The molecule has 6 nitrogen and oxygen atoms in total. The number of nitrogens with zero attached hydrogens (tertiary/aromatic N) is 3. The number of rotatable bonds is 6. The van der Waals surface area contributed by atoms with Crippen LogP contribution in [-0.4, -0.2) is 51.9 Å². The molecule has 2 atom stereocenters. The van der Waals surface area contributed by atoms with Gasteiger partial charge in [-0.1, -0.05) is 49.9 Å². The number of benzene rings is 2. The first-order chi connectivity index (χ1) is 15.5. The van der Waals surface area contributed by atoms with Crippen LogP contribution < -0.4 is 5.56 Å². The molecule has 0 saturated carbocycles. The predicted octanol–water partition coefficient (Wildman–Crippen LogP) is 4.24. The van der Waals surface area contributed by atoms with Crippen molar-refractivity contribution >= 4 is 28.6 Å². The Balaban J connectivity index is 1.68. The lowest BCUT2D eigenvalue weighted by atomic mass is 9.98. The second-order valence-corrected chi connectivity index (χ2v) is 9.21. The third-order valence-electron chi connectivity index (χ3n) is 6.00. The topological polar surface area (TPSA) is 64.4 Å². The molecule has 0 radical (unpaired) electrons. The van der Waals surface area contributed by atoms with Crippen LogP contribution in [0.5, 0.6) is 0 Å². The highest BCUT2D eigenvalue weighted by Gasteiger charge is 2.22. The second kappa shape index (κ2) is 9.88. The van der Waals surface area contributed by atoms with Crippen LogP contribution >= 0.6 is 11.8 Å². The van der Waals surface area contributed by atoms with Crippen LogP contribution in [0.15, 0.2) is 58.5 Å². The SMILES string of the molecule is CCC(C)c1ccc(-n2c(SCC(=O)N3CCOC(C)C3)nc3ccccc3c2=O)cc1. The summed E-state index contributed by atoms with van der Waals surface area (Å²) in [5, 5.41) is 1.09. The zero-order valence-corrected chi connectivity index (χ0v) is 19.6. The molecule has 1 saturated heterocycles. The maximum absolute atomic E-state index is 13.4. The Morgan fingerprint density at radius 1 is 1.22 bits per heavy atom. The summed E-state index contributed by atoms with van der Waals surface area (Å²) in [7, 11) is 0. The normalized spacial score (nSPS) is 17.5. The number of fused-ring (bicyclic) bond motifs is 1. The van der Waals surface area contributed by atoms with E-state index in [1.54, 1.807) is 10.6 Å². The van der Waals surface area contributed by atoms with Gasteiger partial charge >= 0.3 is 0 Å². The Bertz CT molecular complexity index is 1160. The fourth-order valence-corrected chi connectivity index (χ4v) is 4.80. The highest BCUT2D eigenvalue weighted by atomic mass is 32.2. The molecule has 0 aliphatic carbocycles. The van der Waals surface area contributed by atoms with E-state index in [1.807, 2.05) is 42.2 Å². The number of thioether (sulfide) groups is 1. The zero-order chi connectivity index (χ0) is 22.7. The first kappa shape index (κ1) is 22.6. The van der Waals surface area contributed by atoms with Crippen LogP contribution in [0.1, 0.15) is 38.7 Å². The number of aromatic nitrogens is 2. The molecule has 2 aromatic carbocycles. The molecule has 0 bridgehead atoms. The van der Waals surface area contributed by atoms with Gasteiger partial charge in [0.05, 0.1) is 35.1 Å².